The zero-order valence-corrected chi connectivity index (χ0v) is 19.2. The molecular formula is C21H28ClFN6OS. The van der Waals surface area contributed by atoms with Gasteiger partial charge in [-0.25, -0.2) is 9.18 Å². The van der Waals surface area contributed by atoms with Gasteiger partial charge >= 0.3 is 6.03 Å². The van der Waals surface area contributed by atoms with Gasteiger partial charge in [-0.3, -0.25) is 4.90 Å². The summed E-state index contributed by atoms with van der Waals surface area (Å²) < 4.78 is 18.0. The highest BCUT2D eigenvalue weighted by atomic mass is 35.5. The number of piperidine rings is 1. The molecule has 0 spiro atoms. The number of alkyl halides is 1. The SMILES string of the molecule is CSNc1ccn(C(=O)N2CCN(Cc3ccc(Cl)cc3N3CCC(F)CC3)CC2)n1. The number of carbonyl (C=O) groups excluding carboxylic acids is 1. The van der Waals surface area contributed by atoms with Gasteiger partial charge in [0.2, 0.25) is 0 Å². The van der Waals surface area contributed by atoms with E-state index in [-0.39, 0.29) is 6.03 Å². The van der Waals surface area contributed by atoms with Gasteiger partial charge < -0.3 is 14.5 Å². The lowest BCUT2D eigenvalue weighted by Crippen LogP contribution is -2.49. The Balaban J connectivity index is 1.36. The summed E-state index contributed by atoms with van der Waals surface area (Å²) in [6.07, 6.45) is 4.03. The third-order valence-electron chi connectivity index (χ3n) is 5.84. The van der Waals surface area contributed by atoms with Gasteiger partial charge in [-0.15, -0.1) is 5.10 Å². The molecule has 1 N–H and O–H groups in total. The first kappa shape index (κ1) is 22.2. The molecule has 2 aliphatic heterocycles. The monoisotopic (exact) mass is 466 g/mol. The van der Waals surface area contributed by atoms with Crippen LogP contribution in [-0.4, -0.2) is 77.3 Å². The lowest BCUT2D eigenvalue weighted by molar-refractivity contribution is 0.134. The largest absolute Gasteiger partial charge is 0.371 e. The van der Waals surface area contributed by atoms with Crippen LogP contribution in [0.15, 0.2) is 30.5 Å². The van der Waals surface area contributed by atoms with E-state index in [4.69, 9.17) is 11.6 Å². The second-order valence-corrected chi connectivity index (χ2v) is 8.98. The maximum atomic E-state index is 13.6. The van der Waals surface area contributed by atoms with E-state index in [9.17, 15) is 9.18 Å². The first-order valence-electron chi connectivity index (χ1n) is 10.6. The average molecular weight is 467 g/mol. The number of halogens is 2. The van der Waals surface area contributed by atoms with Crippen LogP contribution >= 0.6 is 23.5 Å². The molecule has 7 nitrogen and oxygen atoms in total. The van der Waals surface area contributed by atoms with E-state index in [1.54, 1.807) is 12.3 Å². The molecule has 0 bridgehead atoms. The van der Waals surface area contributed by atoms with Crippen LogP contribution in [0.4, 0.5) is 20.7 Å². The number of hydrogen-bond acceptors (Lipinski definition) is 6. The standard InChI is InChI=1S/C21H28ClFN6OS/c1-31-25-20-6-9-29(24-20)21(30)28-12-10-26(11-13-28)15-16-2-3-17(22)14-19(16)27-7-4-18(23)5-8-27/h2-3,6,9,14,18H,4-5,7-8,10-13,15H2,1H3,(H,24,25). The first-order valence-corrected chi connectivity index (χ1v) is 12.2. The summed E-state index contributed by atoms with van der Waals surface area (Å²) in [4.78, 5) is 19.2. The molecule has 0 aliphatic carbocycles. The van der Waals surface area contributed by atoms with Crippen molar-refractivity contribution in [1.82, 2.24) is 19.6 Å². The van der Waals surface area contributed by atoms with Crippen LogP contribution in [0.5, 0.6) is 0 Å². The number of carbonyl (C=O) groups is 1. The molecule has 0 unspecified atom stereocenters. The lowest BCUT2D eigenvalue weighted by atomic mass is 10.1. The number of piperazine rings is 1. The Labute approximate surface area is 191 Å². The number of nitrogens with zero attached hydrogens (tertiary/aromatic N) is 5. The topological polar surface area (TPSA) is 56.6 Å². The van der Waals surface area contributed by atoms with Gasteiger partial charge in [-0.05, 0) is 30.5 Å². The van der Waals surface area contributed by atoms with Crippen LogP contribution in [-0.2, 0) is 6.54 Å². The van der Waals surface area contributed by atoms with Crippen molar-refractivity contribution >= 4 is 41.1 Å². The maximum absolute atomic E-state index is 13.6. The molecule has 0 radical (unpaired) electrons. The fourth-order valence-corrected chi connectivity index (χ4v) is 4.61. The van der Waals surface area contributed by atoms with Gasteiger partial charge in [0.05, 0.1) is 0 Å². The minimum atomic E-state index is -0.702. The second-order valence-electron chi connectivity index (χ2n) is 7.93. The number of rotatable bonds is 5. The molecule has 168 valence electrons. The Morgan fingerprint density at radius 1 is 1.19 bits per heavy atom. The number of aromatic nitrogens is 2. The fourth-order valence-electron chi connectivity index (χ4n) is 4.13. The van der Waals surface area contributed by atoms with Crippen LogP contribution in [0, 0.1) is 0 Å². The Morgan fingerprint density at radius 3 is 2.65 bits per heavy atom. The number of nitrogens with one attached hydrogen (secondary N) is 1. The average Bonchev–Trinajstić information content (AvgIpc) is 3.24. The van der Waals surface area contributed by atoms with Crippen molar-refractivity contribution in [2.45, 2.75) is 25.6 Å². The minimum Gasteiger partial charge on any atom is -0.371 e. The molecule has 1 aromatic carbocycles. The highest BCUT2D eigenvalue weighted by molar-refractivity contribution is 7.99. The molecule has 1 amide bonds. The molecule has 2 aromatic rings. The third kappa shape index (κ3) is 5.45. The van der Waals surface area contributed by atoms with Crippen molar-refractivity contribution in [1.29, 1.82) is 0 Å². The van der Waals surface area contributed by atoms with Gasteiger partial charge in [0.1, 0.15) is 6.17 Å². The summed E-state index contributed by atoms with van der Waals surface area (Å²) in [6.45, 7) is 5.10. The van der Waals surface area contributed by atoms with Gasteiger partial charge in [-0.1, -0.05) is 29.6 Å². The van der Waals surface area contributed by atoms with Gasteiger partial charge in [0.15, 0.2) is 5.82 Å². The minimum absolute atomic E-state index is 0.102. The molecular weight excluding hydrogens is 439 g/mol. The Kier molecular flexibility index (Phi) is 7.24. The van der Waals surface area contributed by atoms with Crippen molar-refractivity contribution in [3.05, 3.63) is 41.0 Å². The number of amides is 1. The van der Waals surface area contributed by atoms with Crippen LogP contribution in [0.25, 0.3) is 0 Å². The quantitative estimate of drug-likeness (QED) is 0.673. The van der Waals surface area contributed by atoms with Crippen LogP contribution in [0.1, 0.15) is 18.4 Å². The smallest absolute Gasteiger partial charge is 0.344 e. The Morgan fingerprint density at radius 2 is 1.94 bits per heavy atom. The van der Waals surface area contributed by atoms with E-state index in [0.717, 1.165) is 25.3 Å². The van der Waals surface area contributed by atoms with Crippen molar-refractivity contribution < 1.29 is 9.18 Å². The van der Waals surface area contributed by atoms with Gasteiger partial charge in [-0.2, -0.15) is 4.68 Å². The lowest BCUT2D eigenvalue weighted by Gasteiger charge is -2.36. The Bertz CT molecular complexity index is 896. The molecule has 4 rings (SSSR count). The van der Waals surface area contributed by atoms with E-state index in [1.807, 2.05) is 23.3 Å². The molecule has 3 heterocycles. The van der Waals surface area contributed by atoms with Crippen molar-refractivity contribution in [2.24, 2.45) is 0 Å². The number of benzene rings is 1. The van der Waals surface area contributed by atoms with E-state index in [1.165, 1.54) is 22.2 Å². The van der Waals surface area contributed by atoms with Gasteiger partial charge in [0, 0.05) is 75.0 Å². The van der Waals surface area contributed by atoms with E-state index < -0.39 is 6.17 Å². The molecule has 0 saturated carbocycles. The molecule has 31 heavy (non-hydrogen) atoms. The molecule has 10 heteroatoms. The molecule has 1 aromatic heterocycles. The normalized spacial score (nSPS) is 18.4. The molecule has 2 fully saturated rings. The third-order valence-corrected chi connectivity index (χ3v) is 6.49. The molecule has 2 saturated heterocycles. The predicted octanol–water partition coefficient (Wildman–Crippen LogP) is 3.95. The summed E-state index contributed by atoms with van der Waals surface area (Å²) in [7, 11) is 0. The highest BCUT2D eigenvalue weighted by Gasteiger charge is 2.25. The van der Waals surface area contributed by atoms with Crippen LogP contribution in [0.3, 0.4) is 0 Å². The fraction of sp³-hybridized carbons (Fsp3) is 0.524. The summed E-state index contributed by atoms with van der Waals surface area (Å²) in [5.41, 5.74) is 2.30. The maximum Gasteiger partial charge on any atom is 0.344 e. The highest BCUT2D eigenvalue weighted by Crippen LogP contribution is 2.29. The van der Waals surface area contributed by atoms with Crippen LogP contribution < -0.4 is 9.62 Å². The predicted molar refractivity (Wildman–Crippen MR) is 125 cm³/mol. The van der Waals surface area contributed by atoms with E-state index >= 15 is 0 Å². The number of hydrogen-bond donors (Lipinski definition) is 1. The number of anilines is 2. The van der Waals surface area contributed by atoms with Crippen molar-refractivity contribution in [2.75, 3.05) is 55.1 Å². The summed E-state index contributed by atoms with van der Waals surface area (Å²) in [5, 5.41) is 4.97. The second kappa shape index (κ2) is 10.1. The zero-order chi connectivity index (χ0) is 21.8. The zero-order valence-electron chi connectivity index (χ0n) is 17.6. The van der Waals surface area contributed by atoms with Crippen LogP contribution in [0.2, 0.25) is 5.02 Å². The van der Waals surface area contributed by atoms with E-state index in [2.05, 4.69) is 25.7 Å². The Hall–Kier alpha value is -1.97. The van der Waals surface area contributed by atoms with Gasteiger partial charge in [0.25, 0.3) is 0 Å². The summed E-state index contributed by atoms with van der Waals surface area (Å²) in [6, 6.07) is 7.67. The van der Waals surface area contributed by atoms with E-state index in [0.29, 0.717) is 49.9 Å². The first-order chi connectivity index (χ1) is 15.0. The van der Waals surface area contributed by atoms with Crippen molar-refractivity contribution in [3.63, 3.8) is 0 Å². The molecule has 0 atom stereocenters. The summed E-state index contributed by atoms with van der Waals surface area (Å²) in [5.74, 6) is 0.673. The summed E-state index contributed by atoms with van der Waals surface area (Å²) >= 11 is 7.71. The van der Waals surface area contributed by atoms with Crippen molar-refractivity contribution in [3.8, 4) is 0 Å². The molecule has 2 aliphatic rings.